The first-order valence-corrected chi connectivity index (χ1v) is 7.80. The highest BCUT2D eigenvalue weighted by atomic mass is 19.1. The molecule has 0 amide bonds. The molecular weight excluding hydrogens is 295 g/mol. The summed E-state index contributed by atoms with van der Waals surface area (Å²) >= 11 is 0. The van der Waals surface area contributed by atoms with Crippen molar-refractivity contribution in [2.75, 3.05) is 18.0 Å². The largest absolute Gasteiger partial charge is 0.356 e. The summed E-state index contributed by atoms with van der Waals surface area (Å²) in [6.07, 6.45) is 3.70. The van der Waals surface area contributed by atoms with Crippen molar-refractivity contribution in [1.82, 2.24) is 15.1 Å². The Morgan fingerprint density at radius 2 is 2.04 bits per heavy atom. The van der Waals surface area contributed by atoms with E-state index in [-0.39, 0.29) is 5.82 Å². The van der Waals surface area contributed by atoms with Crippen molar-refractivity contribution in [3.8, 4) is 0 Å². The number of nitrogens with zero attached hydrogens (tertiary/aromatic N) is 4. The summed E-state index contributed by atoms with van der Waals surface area (Å²) in [5.41, 5.74) is 2.43. The van der Waals surface area contributed by atoms with Crippen LogP contribution in [-0.4, -0.2) is 28.2 Å². The zero-order valence-electron chi connectivity index (χ0n) is 12.9. The average Bonchev–Trinajstić information content (AvgIpc) is 2.98. The molecule has 1 saturated heterocycles. The molecule has 1 aliphatic heterocycles. The molecule has 6 heteroatoms. The molecule has 1 fully saturated rings. The Kier molecular flexibility index (Phi) is 3.44. The smallest absolute Gasteiger partial charge is 0.225 e. The number of aromatic nitrogens is 3. The van der Waals surface area contributed by atoms with Crippen LogP contribution in [0.5, 0.6) is 0 Å². The SMILES string of the molecule is Cc1ccnc(N2CCC(c3noc4cc(F)ccc34)CC2)n1. The molecule has 1 aliphatic rings. The molecule has 0 N–H and O–H groups in total. The second-order valence-corrected chi connectivity index (χ2v) is 5.97. The molecule has 0 unspecified atom stereocenters. The highest BCUT2D eigenvalue weighted by molar-refractivity contribution is 5.79. The van der Waals surface area contributed by atoms with E-state index in [2.05, 4.69) is 20.0 Å². The summed E-state index contributed by atoms with van der Waals surface area (Å²) < 4.78 is 18.5. The Balaban J connectivity index is 1.52. The monoisotopic (exact) mass is 312 g/mol. The van der Waals surface area contributed by atoms with Crippen LogP contribution >= 0.6 is 0 Å². The number of anilines is 1. The van der Waals surface area contributed by atoms with Crippen LogP contribution in [0.2, 0.25) is 0 Å². The van der Waals surface area contributed by atoms with E-state index in [4.69, 9.17) is 4.52 Å². The fourth-order valence-corrected chi connectivity index (χ4v) is 3.17. The molecule has 0 aliphatic carbocycles. The lowest BCUT2D eigenvalue weighted by atomic mass is 9.92. The maximum absolute atomic E-state index is 13.3. The highest BCUT2D eigenvalue weighted by Crippen LogP contribution is 2.33. The molecule has 5 nitrogen and oxygen atoms in total. The fourth-order valence-electron chi connectivity index (χ4n) is 3.17. The summed E-state index contributed by atoms with van der Waals surface area (Å²) in [6, 6.07) is 6.50. The third-order valence-electron chi connectivity index (χ3n) is 4.41. The molecule has 118 valence electrons. The number of piperidine rings is 1. The lowest BCUT2D eigenvalue weighted by Crippen LogP contribution is -2.34. The van der Waals surface area contributed by atoms with Crippen LogP contribution in [-0.2, 0) is 0 Å². The lowest BCUT2D eigenvalue weighted by Gasteiger charge is -2.31. The summed E-state index contributed by atoms with van der Waals surface area (Å²) in [5, 5.41) is 5.09. The second-order valence-electron chi connectivity index (χ2n) is 5.97. The quantitative estimate of drug-likeness (QED) is 0.725. The van der Waals surface area contributed by atoms with Gasteiger partial charge in [-0.15, -0.1) is 0 Å². The zero-order valence-corrected chi connectivity index (χ0v) is 12.9. The van der Waals surface area contributed by atoms with Gasteiger partial charge in [-0.2, -0.15) is 0 Å². The highest BCUT2D eigenvalue weighted by Gasteiger charge is 2.26. The molecule has 0 spiro atoms. The van der Waals surface area contributed by atoms with Gasteiger partial charge in [0.15, 0.2) is 5.58 Å². The normalized spacial score (nSPS) is 16.2. The maximum atomic E-state index is 13.3. The van der Waals surface area contributed by atoms with Crippen LogP contribution in [0.25, 0.3) is 11.0 Å². The van der Waals surface area contributed by atoms with E-state index in [1.165, 1.54) is 12.1 Å². The van der Waals surface area contributed by atoms with Gasteiger partial charge in [0.05, 0.1) is 5.69 Å². The Morgan fingerprint density at radius 1 is 1.22 bits per heavy atom. The van der Waals surface area contributed by atoms with E-state index < -0.39 is 0 Å². The summed E-state index contributed by atoms with van der Waals surface area (Å²) in [4.78, 5) is 11.0. The molecule has 3 heterocycles. The number of rotatable bonds is 2. The third-order valence-corrected chi connectivity index (χ3v) is 4.41. The summed E-state index contributed by atoms with van der Waals surface area (Å²) in [5.74, 6) is 0.810. The first-order valence-electron chi connectivity index (χ1n) is 7.80. The number of hydrogen-bond acceptors (Lipinski definition) is 5. The van der Waals surface area contributed by atoms with Gasteiger partial charge in [0.25, 0.3) is 0 Å². The molecule has 2 aromatic heterocycles. The first kappa shape index (κ1) is 14.1. The van der Waals surface area contributed by atoms with Gasteiger partial charge in [-0.05, 0) is 38.0 Å². The van der Waals surface area contributed by atoms with Crippen LogP contribution in [0.1, 0.15) is 30.1 Å². The minimum atomic E-state index is -0.299. The van der Waals surface area contributed by atoms with Crippen molar-refractivity contribution in [3.05, 3.63) is 47.7 Å². The summed E-state index contributed by atoms with van der Waals surface area (Å²) in [7, 11) is 0. The van der Waals surface area contributed by atoms with Crippen molar-refractivity contribution in [2.45, 2.75) is 25.7 Å². The van der Waals surface area contributed by atoms with Crippen molar-refractivity contribution >= 4 is 16.9 Å². The van der Waals surface area contributed by atoms with E-state index in [1.54, 1.807) is 12.3 Å². The number of halogens is 1. The van der Waals surface area contributed by atoms with Gasteiger partial charge < -0.3 is 9.42 Å². The van der Waals surface area contributed by atoms with Gasteiger partial charge in [-0.3, -0.25) is 0 Å². The molecule has 23 heavy (non-hydrogen) atoms. The molecule has 4 rings (SSSR count). The Morgan fingerprint density at radius 3 is 2.83 bits per heavy atom. The predicted molar refractivity (Wildman–Crippen MR) is 84.9 cm³/mol. The van der Waals surface area contributed by atoms with Gasteiger partial charge in [0.2, 0.25) is 5.95 Å². The van der Waals surface area contributed by atoms with Gasteiger partial charge in [-0.1, -0.05) is 5.16 Å². The molecule has 3 aromatic rings. The van der Waals surface area contributed by atoms with Crippen LogP contribution in [0.3, 0.4) is 0 Å². The van der Waals surface area contributed by atoms with E-state index >= 15 is 0 Å². The standard InChI is InChI=1S/C17H17FN4O/c1-11-4-7-19-17(20-11)22-8-5-12(6-9-22)16-14-3-2-13(18)10-15(14)23-21-16/h2-4,7,10,12H,5-6,8-9H2,1H3. The second kappa shape index (κ2) is 5.61. The summed E-state index contributed by atoms with van der Waals surface area (Å²) in [6.45, 7) is 3.73. The predicted octanol–water partition coefficient (Wildman–Crippen LogP) is 3.45. The lowest BCUT2D eigenvalue weighted by molar-refractivity contribution is 0.415. The van der Waals surface area contributed by atoms with Gasteiger partial charge in [-0.25, -0.2) is 14.4 Å². The number of aryl methyl sites for hydroxylation is 1. The van der Waals surface area contributed by atoms with Crippen molar-refractivity contribution in [2.24, 2.45) is 0 Å². The number of fused-ring (bicyclic) bond motifs is 1. The van der Waals surface area contributed by atoms with Crippen LogP contribution in [0, 0.1) is 12.7 Å². The van der Waals surface area contributed by atoms with E-state index in [0.29, 0.717) is 11.5 Å². The molecule has 0 radical (unpaired) electrons. The molecule has 0 atom stereocenters. The fraction of sp³-hybridized carbons (Fsp3) is 0.353. The van der Waals surface area contributed by atoms with E-state index in [1.807, 2.05) is 13.0 Å². The molecule has 1 aromatic carbocycles. The zero-order chi connectivity index (χ0) is 15.8. The van der Waals surface area contributed by atoms with Gasteiger partial charge in [0, 0.05) is 42.4 Å². The van der Waals surface area contributed by atoms with Crippen molar-refractivity contribution < 1.29 is 8.91 Å². The van der Waals surface area contributed by atoms with Gasteiger partial charge >= 0.3 is 0 Å². The maximum Gasteiger partial charge on any atom is 0.225 e. The molecule has 0 saturated carbocycles. The first-order chi connectivity index (χ1) is 11.2. The average molecular weight is 312 g/mol. The molecular formula is C17H17FN4O. The van der Waals surface area contributed by atoms with Crippen molar-refractivity contribution in [3.63, 3.8) is 0 Å². The minimum absolute atomic E-state index is 0.299. The van der Waals surface area contributed by atoms with Gasteiger partial charge in [0.1, 0.15) is 5.82 Å². The topological polar surface area (TPSA) is 55.1 Å². The Labute approximate surface area is 133 Å². The van der Waals surface area contributed by atoms with Crippen LogP contribution in [0.15, 0.2) is 35.0 Å². The Bertz CT molecular complexity index is 839. The van der Waals surface area contributed by atoms with Crippen LogP contribution < -0.4 is 4.90 Å². The third kappa shape index (κ3) is 2.65. The number of hydrogen-bond donors (Lipinski definition) is 0. The molecule has 0 bridgehead atoms. The van der Waals surface area contributed by atoms with E-state index in [0.717, 1.165) is 48.7 Å². The van der Waals surface area contributed by atoms with Crippen LogP contribution in [0.4, 0.5) is 10.3 Å². The number of benzene rings is 1. The Hall–Kier alpha value is -2.50. The van der Waals surface area contributed by atoms with Crippen molar-refractivity contribution in [1.29, 1.82) is 0 Å². The minimum Gasteiger partial charge on any atom is -0.356 e. The van der Waals surface area contributed by atoms with E-state index in [9.17, 15) is 4.39 Å².